The lowest BCUT2D eigenvalue weighted by Crippen LogP contribution is -2.37. The number of anilines is 2. The third kappa shape index (κ3) is 5.13. The molecule has 0 aromatic heterocycles. The lowest BCUT2D eigenvalue weighted by molar-refractivity contribution is 0.122. The van der Waals surface area contributed by atoms with E-state index in [0.29, 0.717) is 62.3 Å². The Kier molecular flexibility index (Phi) is 8.13. The number of rotatable bonds is 6. The van der Waals surface area contributed by atoms with E-state index in [4.69, 9.17) is 23.7 Å². The second-order valence-corrected chi connectivity index (χ2v) is 16.6. The molecule has 0 N–H and O–H groups in total. The summed E-state index contributed by atoms with van der Waals surface area (Å²) in [6.07, 6.45) is 8.43. The van der Waals surface area contributed by atoms with Gasteiger partial charge < -0.3 is 33.5 Å². The Morgan fingerprint density at radius 1 is 0.737 bits per heavy atom. The van der Waals surface area contributed by atoms with Gasteiger partial charge in [-0.15, -0.1) is 0 Å². The molecule has 6 aliphatic rings. The maximum atomic E-state index is 16.7. The third-order valence-corrected chi connectivity index (χ3v) is 14.0. The van der Waals surface area contributed by atoms with Crippen LogP contribution in [0.1, 0.15) is 53.5 Å². The highest BCUT2D eigenvalue weighted by Crippen LogP contribution is 2.69. The molecule has 5 aromatic rings. The third-order valence-electron chi connectivity index (χ3n) is 14.0. The zero-order valence-electron chi connectivity index (χ0n) is 32.4. The van der Waals surface area contributed by atoms with E-state index in [1.165, 1.54) is 0 Å². The largest absolute Gasteiger partial charge is 0.497 e. The number of halogens is 2. The number of hydrogen-bond acceptors (Lipinski definition) is 7. The van der Waals surface area contributed by atoms with E-state index >= 15 is 8.78 Å². The molecular weight excluding hydrogens is 723 g/mol. The van der Waals surface area contributed by atoms with E-state index in [1.807, 2.05) is 12.1 Å². The lowest BCUT2D eigenvalue weighted by atomic mass is 9.65. The van der Waals surface area contributed by atoms with Gasteiger partial charge in [0, 0.05) is 71.0 Å². The van der Waals surface area contributed by atoms with E-state index in [-0.39, 0.29) is 5.92 Å². The number of benzene rings is 5. The van der Waals surface area contributed by atoms with Crippen LogP contribution in [0.3, 0.4) is 0 Å². The van der Waals surface area contributed by atoms with Crippen molar-refractivity contribution in [3.05, 3.63) is 118 Å². The summed E-state index contributed by atoms with van der Waals surface area (Å²) < 4.78 is 63.1. The fraction of sp³-hybridized carbons (Fsp3) is 0.375. The van der Waals surface area contributed by atoms with Gasteiger partial charge >= 0.3 is 0 Å². The molecule has 2 saturated heterocycles. The molecule has 3 aliphatic heterocycles. The van der Waals surface area contributed by atoms with Gasteiger partial charge in [-0.1, -0.05) is 36.8 Å². The summed E-state index contributed by atoms with van der Waals surface area (Å²) >= 11 is 0. The van der Waals surface area contributed by atoms with Crippen molar-refractivity contribution in [3.63, 3.8) is 0 Å². The minimum atomic E-state index is -1.02. The fourth-order valence-electron chi connectivity index (χ4n) is 11.5. The Morgan fingerprint density at radius 2 is 1.44 bits per heavy atom. The predicted molar refractivity (Wildman–Crippen MR) is 218 cm³/mol. The maximum Gasteiger partial charge on any atom is 0.178 e. The van der Waals surface area contributed by atoms with Crippen LogP contribution in [0.2, 0.25) is 0 Å². The van der Waals surface area contributed by atoms with Crippen LogP contribution in [-0.2, 0) is 20.5 Å². The highest BCUT2D eigenvalue weighted by molar-refractivity contribution is 6.10. The SMILES string of the molecule is COc1ccc(C2(c3ccc(N4CCOCC4)cc3)C=Cc3c4c(c5cc(N6CCOCC6)c(OC)cc5c3O2)-c2cc(F)cc(F)c2C42CC3CCC2C3)cc1. The van der Waals surface area contributed by atoms with Crippen molar-refractivity contribution >= 4 is 28.2 Å². The number of ether oxygens (including phenoxy) is 5. The Hall–Kier alpha value is -5.12. The lowest BCUT2D eigenvalue weighted by Gasteiger charge is -2.41. The van der Waals surface area contributed by atoms with Gasteiger partial charge in [0.15, 0.2) is 5.60 Å². The van der Waals surface area contributed by atoms with Crippen LogP contribution in [0.4, 0.5) is 20.2 Å². The Balaban J connectivity index is 1.19. The zero-order valence-corrected chi connectivity index (χ0v) is 32.4. The molecule has 3 heterocycles. The highest BCUT2D eigenvalue weighted by Gasteiger charge is 2.60. The Labute approximate surface area is 331 Å². The number of morpholine rings is 2. The summed E-state index contributed by atoms with van der Waals surface area (Å²) in [6, 6.07) is 23.7. The van der Waals surface area contributed by atoms with E-state index in [9.17, 15) is 0 Å². The summed E-state index contributed by atoms with van der Waals surface area (Å²) in [5, 5.41) is 1.76. The van der Waals surface area contributed by atoms with E-state index in [1.54, 1.807) is 20.3 Å². The van der Waals surface area contributed by atoms with Crippen molar-refractivity contribution in [2.24, 2.45) is 11.8 Å². The summed E-state index contributed by atoms with van der Waals surface area (Å²) in [6.45, 7) is 5.74. The van der Waals surface area contributed by atoms with Gasteiger partial charge in [-0.2, -0.15) is 0 Å². The van der Waals surface area contributed by atoms with Crippen molar-refractivity contribution < 1.29 is 32.5 Å². The van der Waals surface area contributed by atoms with Crippen molar-refractivity contribution in [1.29, 1.82) is 0 Å². The first-order valence-corrected chi connectivity index (χ1v) is 20.4. The topological polar surface area (TPSA) is 52.6 Å². The molecule has 9 heteroatoms. The standard InChI is InChI=1S/C48H46F2N2O5/c1-53-35-11-7-31(8-12-35)48(30-5-9-34(10-6-30)51-15-19-55-20-16-51)14-13-36-45-43(39-24-33(49)25-40(50)44(39)47(45)28-29-3-4-32(47)23-29)37-26-41(52-17-21-56-22-18-52)42(54-2)27-38(37)46(36)57-48/h5-14,24-27,29,32H,3-4,15-23,28H2,1-2H3. The van der Waals surface area contributed by atoms with Gasteiger partial charge in [-0.05, 0) is 102 Å². The number of nitrogens with zero attached hydrogens (tertiary/aromatic N) is 2. The average Bonchev–Trinajstić information content (AvgIpc) is 3.96. The molecule has 57 heavy (non-hydrogen) atoms. The maximum absolute atomic E-state index is 16.7. The summed E-state index contributed by atoms with van der Waals surface area (Å²) in [4.78, 5) is 4.64. The van der Waals surface area contributed by atoms with Crippen LogP contribution >= 0.6 is 0 Å². The number of hydrogen-bond donors (Lipinski definition) is 0. The molecule has 11 rings (SSSR count). The van der Waals surface area contributed by atoms with Crippen LogP contribution in [0.25, 0.3) is 28.0 Å². The molecular formula is C48H46F2N2O5. The van der Waals surface area contributed by atoms with E-state index in [2.05, 4.69) is 70.5 Å². The molecule has 1 spiro atoms. The molecule has 292 valence electrons. The van der Waals surface area contributed by atoms with Gasteiger partial charge in [0.1, 0.15) is 28.9 Å². The molecule has 4 fully saturated rings. The normalized spacial score (nSPS) is 25.8. The second kappa shape index (κ2) is 13.2. The molecule has 5 aromatic carbocycles. The first-order valence-electron chi connectivity index (χ1n) is 20.4. The van der Waals surface area contributed by atoms with E-state index < -0.39 is 22.7 Å². The van der Waals surface area contributed by atoms with Gasteiger partial charge in [-0.25, -0.2) is 8.78 Å². The molecule has 2 bridgehead atoms. The van der Waals surface area contributed by atoms with Gasteiger partial charge in [0.05, 0.1) is 46.3 Å². The van der Waals surface area contributed by atoms with Crippen LogP contribution in [-0.4, -0.2) is 66.8 Å². The first-order chi connectivity index (χ1) is 27.9. The van der Waals surface area contributed by atoms with Gasteiger partial charge in [0.25, 0.3) is 0 Å². The quantitative estimate of drug-likeness (QED) is 0.171. The minimum absolute atomic E-state index is 0.246. The molecule has 2 saturated carbocycles. The average molecular weight is 769 g/mol. The smallest absolute Gasteiger partial charge is 0.178 e. The van der Waals surface area contributed by atoms with Crippen LogP contribution in [0.5, 0.6) is 17.2 Å². The summed E-state index contributed by atoms with van der Waals surface area (Å²) in [5.74, 6) is 1.92. The van der Waals surface area contributed by atoms with Crippen LogP contribution < -0.4 is 24.0 Å². The summed E-state index contributed by atoms with van der Waals surface area (Å²) in [7, 11) is 3.37. The van der Waals surface area contributed by atoms with Crippen molar-refractivity contribution in [3.8, 4) is 28.4 Å². The van der Waals surface area contributed by atoms with Gasteiger partial charge in [-0.3, -0.25) is 0 Å². The zero-order chi connectivity index (χ0) is 38.5. The molecule has 4 unspecified atom stereocenters. The van der Waals surface area contributed by atoms with Crippen molar-refractivity contribution in [2.75, 3.05) is 76.6 Å². The van der Waals surface area contributed by atoms with Gasteiger partial charge in [0.2, 0.25) is 0 Å². The fourth-order valence-corrected chi connectivity index (χ4v) is 11.5. The molecule has 3 aliphatic carbocycles. The second-order valence-electron chi connectivity index (χ2n) is 16.6. The molecule has 4 atom stereocenters. The monoisotopic (exact) mass is 768 g/mol. The molecule has 0 radical (unpaired) electrons. The predicted octanol–water partition coefficient (Wildman–Crippen LogP) is 9.24. The van der Waals surface area contributed by atoms with E-state index in [0.717, 1.165) is 106 Å². The Bertz CT molecular complexity index is 2440. The summed E-state index contributed by atoms with van der Waals surface area (Å²) in [5.41, 5.74) is 6.65. The first kappa shape index (κ1) is 35.1. The minimum Gasteiger partial charge on any atom is -0.497 e. The number of methoxy groups -OCH3 is 2. The van der Waals surface area contributed by atoms with Crippen LogP contribution in [0, 0.1) is 23.5 Å². The van der Waals surface area contributed by atoms with Crippen molar-refractivity contribution in [1.82, 2.24) is 0 Å². The number of fused-ring (bicyclic) bond motifs is 13. The van der Waals surface area contributed by atoms with Crippen LogP contribution in [0.15, 0.2) is 78.9 Å². The Morgan fingerprint density at radius 3 is 2.09 bits per heavy atom. The highest BCUT2D eigenvalue weighted by atomic mass is 19.1. The van der Waals surface area contributed by atoms with Crippen molar-refractivity contribution in [2.45, 2.75) is 36.7 Å². The molecule has 7 nitrogen and oxygen atoms in total. The molecule has 0 amide bonds.